The first kappa shape index (κ1) is 17.0. The van der Waals surface area contributed by atoms with E-state index in [0.29, 0.717) is 27.8 Å². The fourth-order valence-corrected chi connectivity index (χ4v) is 3.29. The van der Waals surface area contributed by atoms with Crippen LogP contribution in [-0.4, -0.2) is 25.1 Å². The molecule has 128 valence electrons. The Morgan fingerprint density at radius 1 is 1.08 bits per heavy atom. The fraction of sp³-hybridized carbons (Fsp3) is 0.158. The number of amides is 1. The number of carbonyl (C=O) groups is 1. The van der Waals surface area contributed by atoms with Gasteiger partial charge in [-0.3, -0.25) is 4.79 Å². The van der Waals surface area contributed by atoms with Gasteiger partial charge in [-0.05, 0) is 19.1 Å². The van der Waals surface area contributed by atoms with Crippen LogP contribution >= 0.6 is 11.3 Å². The number of thiazole rings is 1. The molecule has 3 aromatic rings. The largest absolute Gasteiger partial charge is 0.497 e. The molecule has 0 aliphatic rings. The number of nitrogens with one attached hydrogen (secondary N) is 1. The molecule has 6 heteroatoms. The van der Waals surface area contributed by atoms with Crippen molar-refractivity contribution >= 4 is 22.9 Å². The lowest BCUT2D eigenvalue weighted by Crippen LogP contribution is -2.12. The predicted molar refractivity (Wildman–Crippen MR) is 99.8 cm³/mol. The van der Waals surface area contributed by atoms with Crippen LogP contribution in [0.25, 0.3) is 11.3 Å². The number of rotatable bonds is 5. The molecular formula is C19H18N2O3S. The van der Waals surface area contributed by atoms with Crippen molar-refractivity contribution in [3.63, 3.8) is 0 Å². The van der Waals surface area contributed by atoms with Gasteiger partial charge in [0.2, 0.25) is 0 Å². The monoisotopic (exact) mass is 354 g/mol. The first-order valence-electron chi connectivity index (χ1n) is 7.68. The van der Waals surface area contributed by atoms with Crippen LogP contribution in [0, 0.1) is 6.92 Å². The quantitative estimate of drug-likeness (QED) is 0.738. The van der Waals surface area contributed by atoms with E-state index in [9.17, 15) is 4.79 Å². The third kappa shape index (κ3) is 3.64. The zero-order valence-corrected chi connectivity index (χ0v) is 15.0. The summed E-state index contributed by atoms with van der Waals surface area (Å²) in [5.74, 6) is 0.983. The van der Waals surface area contributed by atoms with Crippen molar-refractivity contribution in [3.05, 3.63) is 58.4 Å². The second kappa shape index (κ2) is 7.36. The minimum atomic E-state index is -0.215. The highest BCUT2D eigenvalue weighted by molar-refractivity contribution is 7.14. The summed E-state index contributed by atoms with van der Waals surface area (Å²) < 4.78 is 10.5. The average molecular weight is 354 g/mol. The van der Waals surface area contributed by atoms with Gasteiger partial charge in [0.25, 0.3) is 5.91 Å². The van der Waals surface area contributed by atoms with Crippen LogP contribution in [0.4, 0.5) is 5.69 Å². The molecule has 0 fully saturated rings. The van der Waals surface area contributed by atoms with E-state index < -0.39 is 0 Å². The van der Waals surface area contributed by atoms with E-state index in [4.69, 9.17) is 9.47 Å². The molecule has 0 saturated carbocycles. The van der Waals surface area contributed by atoms with Crippen LogP contribution < -0.4 is 14.8 Å². The lowest BCUT2D eigenvalue weighted by Gasteiger charge is -2.11. The lowest BCUT2D eigenvalue weighted by molar-refractivity contribution is 0.103. The Morgan fingerprint density at radius 2 is 1.84 bits per heavy atom. The van der Waals surface area contributed by atoms with E-state index in [2.05, 4.69) is 10.3 Å². The number of ether oxygens (including phenoxy) is 2. The summed E-state index contributed by atoms with van der Waals surface area (Å²) in [7, 11) is 3.13. The summed E-state index contributed by atoms with van der Waals surface area (Å²) in [5, 5.41) is 3.74. The molecule has 0 unspecified atom stereocenters. The van der Waals surface area contributed by atoms with E-state index in [-0.39, 0.29) is 5.91 Å². The molecule has 5 nitrogen and oxygen atoms in total. The first-order chi connectivity index (χ1) is 12.1. The second-order valence-electron chi connectivity index (χ2n) is 5.30. The lowest BCUT2D eigenvalue weighted by atomic mass is 10.1. The number of aryl methyl sites for hydroxylation is 1. The van der Waals surface area contributed by atoms with E-state index in [1.807, 2.05) is 37.3 Å². The average Bonchev–Trinajstić information content (AvgIpc) is 3.04. The molecule has 0 saturated heterocycles. The van der Waals surface area contributed by atoms with Crippen molar-refractivity contribution in [3.8, 4) is 22.8 Å². The van der Waals surface area contributed by atoms with E-state index >= 15 is 0 Å². The summed E-state index contributed by atoms with van der Waals surface area (Å²) in [5.41, 5.74) is 2.19. The molecule has 25 heavy (non-hydrogen) atoms. The summed E-state index contributed by atoms with van der Waals surface area (Å²) in [6.45, 7) is 1.89. The SMILES string of the molecule is COc1ccc(NC(=O)c2sc(C)nc2-c2ccccc2)c(OC)c1. The summed E-state index contributed by atoms with van der Waals surface area (Å²) >= 11 is 1.37. The number of anilines is 1. The van der Waals surface area contributed by atoms with Crippen molar-refractivity contribution in [2.24, 2.45) is 0 Å². The smallest absolute Gasteiger partial charge is 0.268 e. The topological polar surface area (TPSA) is 60.5 Å². The minimum absolute atomic E-state index is 0.215. The summed E-state index contributed by atoms with van der Waals surface area (Å²) in [6.07, 6.45) is 0. The summed E-state index contributed by atoms with van der Waals surface area (Å²) in [4.78, 5) is 17.9. The second-order valence-corrected chi connectivity index (χ2v) is 6.50. The Bertz CT molecular complexity index is 891. The van der Waals surface area contributed by atoms with Crippen LogP contribution in [0.5, 0.6) is 11.5 Å². The molecule has 0 radical (unpaired) electrons. The molecule has 1 aromatic heterocycles. The highest BCUT2D eigenvalue weighted by Crippen LogP contribution is 2.32. The highest BCUT2D eigenvalue weighted by atomic mass is 32.1. The van der Waals surface area contributed by atoms with Crippen LogP contribution in [0.1, 0.15) is 14.7 Å². The summed E-state index contributed by atoms with van der Waals surface area (Å²) in [6, 6.07) is 14.9. The van der Waals surface area contributed by atoms with Crippen molar-refractivity contribution in [2.45, 2.75) is 6.92 Å². The van der Waals surface area contributed by atoms with Gasteiger partial charge in [0, 0.05) is 11.6 Å². The number of carbonyl (C=O) groups excluding carboxylic acids is 1. The zero-order valence-electron chi connectivity index (χ0n) is 14.2. The Balaban J connectivity index is 1.93. The molecular weight excluding hydrogens is 336 g/mol. The van der Waals surface area contributed by atoms with E-state index in [1.54, 1.807) is 32.4 Å². The molecule has 1 amide bonds. The Hall–Kier alpha value is -2.86. The van der Waals surface area contributed by atoms with Gasteiger partial charge in [0.1, 0.15) is 16.4 Å². The standard InChI is InChI=1S/C19H18N2O3S/c1-12-20-17(13-7-5-4-6-8-13)18(25-12)19(22)21-15-10-9-14(23-2)11-16(15)24-3/h4-11H,1-3H3,(H,21,22). The van der Waals surface area contributed by atoms with Gasteiger partial charge in [-0.2, -0.15) is 0 Å². The molecule has 0 spiro atoms. The highest BCUT2D eigenvalue weighted by Gasteiger charge is 2.19. The van der Waals surface area contributed by atoms with Gasteiger partial charge in [0.05, 0.1) is 30.6 Å². The third-order valence-corrected chi connectivity index (χ3v) is 4.61. The van der Waals surface area contributed by atoms with Crippen molar-refractivity contribution in [1.82, 2.24) is 4.98 Å². The van der Waals surface area contributed by atoms with Crippen LogP contribution in [0.3, 0.4) is 0 Å². The maximum absolute atomic E-state index is 12.8. The molecule has 1 N–H and O–H groups in total. The maximum Gasteiger partial charge on any atom is 0.268 e. The minimum Gasteiger partial charge on any atom is -0.497 e. The van der Waals surface area contributed by atoms with Gasteiger partial charge in [0.15, 0.2) is 0 Å². The van der Waals surface area contributed by atoms with Crippen LogP contribution in [0.2, 0.25) is 0 Å². The number of hydrogen-bond acceptors (Lipinski definition) is 5. The van der Waals surface area contributed by atoms with Gasteiger partial charge in [-0.15, -0.1) is 11.3 Å². The predicted octanol–water partition coefficient (Wildman–Crippen LogP) is 4.39. The fourth-order valence-electron chi connectivity index (χ4n) is 2.45. The van der Waals surface area contributed by atoms with Crippen molar-refractivity contribution < 1.29 is 14.3 Å². The molecule has 0 bridgehead atoms. The number of methoxy groups -OCH3 is 2. The molecule has 2 aromatic carbocycles. The van der Waals surface area contributed by atoms with Gasteiger partial charge in [-0.1, -0.05) is 30.3 Å². The number of hydrogen-bond donors (Lipinski definition) is 1. The van der Waals surface area contributed by atoms with E-state index in [1.165, 1.54) is 11.3 Å². The Kier molecular flexibility index (Phi) is 5.00. The molecule has 0 atom stereocenters. The molecule has 0 aliphatic heterocycles. The molecule has 1 heterocycles. The van der Waals surface area contributed by atoms with Gasteiger partial charge in [-0.25, -0.2) is 4.98 Å². The maximum atomic E-state index is 12.8. The van der Waals surface area contributed by atoms with Crippen LogP contribution in [0.15, 0.2) is 48.5 Å². The van der Waals surface area contributed by atoms with Crippen LogP contribution in [-0.2, 0) is 0 Å². The van der Waals surface area contributed by atoms with Crippen molar-refractivity contribution in [2.75, 3.05) is 19.5 Å². The zero-order chi connectivity index (χ0) is 17.8. The number of aromatic nitrogens is 1. The van der Waals surface area contributed by atoms with Gasteiger partial charge < -0.3 is 14.8 Å². The molecule has 3 rings (SSSR count). The molecule has 0 aliphatic carbocycles. The van der Waals surface area contributed by atoms with Crippen molar-refractivity contribution in [1.29, 1.82) is 0 Å². The normalized spacial score (nSPS) is 10.4. The van der Waals surface area contributed by atoms with E-state index in [0.717, 1.165) is 10.6 Å². The first-order valence-corrected chi connectivity index (χ1v) is 8.50. The number of nitrogens with zero attached hydrogens (tertiary/aromatic N) is 1. The van der Waals surface area contributed by atoms with Gasteiger partial charge >= 0.3 is 0 Å². The number of benzene rings is 2. The third-order valence-electron chi connectivity index (χ3n) is 3.64. The Labute approximate surface area is 150 Å². The Morgan fingerprint density at radius 3 is 2.52 bits per heavy atom.